The zero-order valence-electron chi connectivity index (χ0n) is 15.9. The fourth-order valence-corrected chi connectivity index (χ4v) is 4.40. The molecule has 1 amide bonds. The van der Waals surface area contributed by atoms with E-state index in [0.29, 0.717) is 19.0 Å². The highest BCUT2D eigenvalue weighted by Gasteiger charge is 2.24. The first-order valence-corrected chi connectivity index (χ1v) is 9.91. The maximum absolute atomic E-state index is 12.9. The minimum Gasteiger partial charge on any atom is -0.348 e. The first kappa shape index (κ1) is 18.5. The maximum Gasteiger partial charge on any atom is 0.264 e. The molecule has 2 aromatic heterocycles. The summed E-state index contributed by atoms with van der Waals surface area (Å²) in [4.78, 5) is 16.0. The van der Waals surface area contributed by atoms with Crippen LogP contribution in [0.2, 0.25) is 0 Å². The van der Waals surface area contributed by atoms with Gasteiger partial charge in [-0.15, -0.1) is 11.3 Å². The van der Waals surface area contributed by atoms with Crippen LogP contribution in [0.4, 0.5) is 0 Å². The predicted octanol–water partition coefficient (Wildman–Crippen LogP) is 4.31. The fraction of sp³-hybridized carbons (Fsp3) is 0.429. The van der Waals surface area contributed by atoms with E-state index in [1.165, 1.54) is 10.4 Å². The number of nitriles is 1. The first-order chi connectivity index (χ1) is 12.4. The van der Waals surface area contributed by atoms with Crippen LogP contribution in [0, 0.1) is 31.1 Å². The van der Waals surface area contributed by atoms with Crippen molar-refractivity contribution in [3.05, 3.63) is 50.5 Å². The maximum atomic E-state index is 12.9. The molecule has 0 aromatic carbocycles. The standard InChI is InChI=1S/C21H25N3OS/c1-14(2)12-24-15(3)9-18(16(24)4)10-19(11-22)21(25)23-7-5-20-17(13-23)6-8-26-20/h6,8-10,14H,5,7,12-13H2,1-4H3/b19-10+. The van der Waals surface area contributed by atoms with E-state index < -0.39 is 0 Å². The molecule has 136 valence electrons. The molecule has 1 aliphatic heterocycles. The number of hydrogen-bond donors (Lipinski definition) is 0. The molecular formula is C21H25N3OS. The van der Waals surface area contributed by atoms with Crippen molar-refractivity contribution in [1.29, 1.82) is 5.26 Å². The molecule has 3 rings (SSSR count). The smallest absolute Gasteiger partial charge is 0.264 e. The van der Waals surface area contributed by atoms with Crippen molar-refractivity contribution in [2.24, 2.45) is 5.92 Å². The number of fused-ring (bicyclic) bond motifs is 1. The van der Waals surface area contributed by atoms with Crippen LogP contribution in [-0.4, -0.2) is 21.9 Å². The summed E-state index contributed by atoms with van der Waals surface area (Å²) < 4.78 is 2.26. The second-order valence-corrected chi connectivity index (χ2v) is 8.35. The lowest BCUT2D eigenvalue weighted by molar-refractivity contribution is -0.127. The Morgan fingerprint density at radius 1 is 1.42 bits per heavy atom. The lowest BCUT2D eigenvalue weighted by Crippen LogP contribution is -2.36. The Morgan fingerprint density at radius 3 is 2.88 bits per heavy atom. The summed E-state index contributed by atoms with van der Waals surface area (Å²) in [5.74, 6) is 0.375. The van der Waals surface area contributed by atoms with Crippen LogP contribution in [0.1, 0.15) is 41.2 Å². The van der Waals surface area contributed by atoms with E-state index >= 15 is 0 Å². The highest BCUT2D eigenvalue weighted by molar-refractivity contribution is 7.10. The van der Waals surface area contributed by atoms with Crippen molar-refractivity contribution in [2.45, 2.75) is 47.2 Å². The summed E-state index contributed by atoms with van der Waals surface area (Å²) in [5.41, 5.74) is 4.65. The van der Waals surface area contributed by atoms with Gasteiger partial charge in [0.05, 0.1) is 0 Å². The molecule has 5 heteroatoms. The van der Waals surface area contributed by atoms with Crippen LogP contribution >= 0.6 is 11.3 Å². The van der Waals surface area contributed by atoms with Crippen LogP contribution in [0.3, 0.4) is 0 Å². The molecule has 0 unspecified atom stereocenters. The number of rotatable bonds is 4. The van der Waals surface area contributed by atoms with Gasteiger partial charge in [-0.25, -0.2) is 0 Å². The molecule has 0 saturated carbocycles. The van der Waals surface area contributed by atoms with Gasteiger partial charge in [0.25, 0.3) is 5.91 Å². The second kappa shape index (κ2) is 7.51. The van der Waals surface area contributed by atoms with Crippen LogP contribution in [-0.2, 0) is 24.3 Å². The minimum absolute atomic E-state index is 0.169. The summed E-state index contributed by atoms with van der Waals surface area (Å²) in [7, 11) is 0. The monoisotopic (exact) mass is 367 g/mol. The van der Waals surface area contributed by atoms with E-state index in [-0.39, 0.29) is 11.5 Å². The number of carbonyl (C=O) groups excluding carboxylic acids is 1. The molecule has 4 nitrogen and oxygen atoms in total. The third kappa shape index (κ3) is 3.61. The number of nitrogens with zero attached hydrogens (tertiary/aromatic N) is 3. The van der Waals surface area contributed by atoms with Crippen molar-refractivity contribution in [2.75, 3.05) is 6.54 Å². The van der Waals surface area contributed by atoms with E-state index in [1.807, 2.05) is 0 Å². The summed E-state index contributed by atoms with van der Waals surface area (Å²) in [6.07, 6.45) is 2.63. The van der Waals surface area contributed by atoms with Crippen molar-refractivity contribution in [3.63, 3.8) is 0 Å². The van der Waals surface area contributed by atoms with Crippen LogP contribution < -0.4 is 0 Å². The van der Waals surface area contributed by atoms with Gasteiger partial charge in [-0.05, 0) is 60.9 Å². The predicted molar refractivity (Wildman–Crippen MR) is 106 cm³/mol. The summed E-state index contributed by atoms with van der Waals surface area (Å²) in [6, 6.07) is 6.27. The normalized spacial score (nSPS) is 14.5. The number of hydrogen-bond acceptors (Lipinski definition) is 3. The fourth-order valence-electron chi connectivity index (χ4n) is 3.51. The average Bonchev–Trinajstić information content (AvgIpc) is 3.18. The van der Waals surface area contributed by atoms with Crippen molar-refractivity contribution < 1.29 is 4.79 Å². The van der Waals surface area contributed by atoms with Crippen molar-refractivity contribution in [1.82, 2.24) is 9.47 Å². The summed E-state index contributed by atoms with van der Waals surface area (Å²) in [6.45, 7) is 10.7. The molecule has 0 N–H and O–H groups in total. The molecule has 0 aliphatic carbocycles. The molecule has 0 bridgehead atoms. The topological polar surface area (TPSA) is 49.0 Å². The molecule has 0 fully saturated rings. The van der Waals surface area contributed by atoms with Gasteiger partial charge >= 0.3 is 0 Å². The largest absolute Gasteiger partial charge is 0.348 e. The zero-order valence-corrected chi connectivity index (χ0v) is 16.7. The molecule has 3 heterocycles. The SMILES string of the molecule is Cc1cc(/C=C(\C#N)C(=O)N2CCc3sccc3C2)c(C)n1CC(C)C. The van der Waals surface area contributed by atoms with Crippen LogP contribution in [0.15, 0.2) is 23.1 Å². The minimum atomic E-state index is -0.169. The zero-order chi connectivity index (χ0) is 18.8. The Labute approximate surface area is 159 Å². The number of aromatic nitrogens is 1. The highest BCUT2D eigenvalue weighted by Crippen LogP contribution is 2.26. The lowest BCUT2D eigenvalue weighted by atomic mass is 10.1. The van der Waals surface area contributed by atoms with E-state index in [9.17, 15) is 10.1 Å². The molecule has 0 spiro atoms. The Bertz CT molecular complexity index is 895. The Hall–Kier alpha value is -2.32. The van der Waals surface area contributed by atoms with Gasteiger partial charge < -0.3 is 9.47 Å². The van der Waals surface area contributed by atoms with Gasteiger partial charge in [0.1, 0.15) is 11.6 Å². The van der Waals surface area contributed by atoms with Gasteiger partial charge in [-0.3, -0.25) is 4.79 Å². The first-order valence-electron chi connectivity index (χ1n) is 9.03. The third-order valence-corrected chi connectivity index (χ3v) is 5.93. The Morgan fingerprint density at radius 2 is 2.19 bits per heavy atom. The van der Waals surface area contributed by atoms with E-state index in [0.717, 1.165) is 29.9 Å². The summed E-state index contributed by atoms with van der Waals surface area (Å²) in [5, 5.41) is 11.7. The van der Waals surface area contributed by atoms with Gasteiger partial charge in [-0.1, -0.05) is 13.8 Å². The number of amides is 1. The molecule has 0 saturated heterocycles. The van der Waals surface area contributed by atoms with Gasteiger partial charge in [0.15, 0.2) is 0 Å². The van der Waals surface area contributed by atoms with Crippen LogP contribution in [0.25, 0.3) is 6.08 Å². The average molecular weight is 368 g/mol. The van der Waals surface area contributed by atoms with E-state index in [4.69, 9.17) is 0 Å². The molecule has 1 aliphatic rings. The Kier molecular flexibility index (Phi) is 5.33. The number of thiophene rings is 1. The second-order valence-electron chi connectivity index (χ2n) is 7.35. The lowest BCUT2D eigenvalue weighted by Gasteiger charge is -2.26. The molecule has 0 radical (unpaired) electrons. The number of aryl methyl sites for hydroxylation is 1. The van der Waals surface area contributed by atoms with Gasteiger partial charge in [0, 0.05) is 35.9 Å². The molecule has 26 heavy (non-hydrogen) atoms. The molecule has 0 atom stereocenters. The van der Waals surface area contributed by atoms with Gasteiger partial charge in [-0.2, -0.15) is 5.26 Å². The third-order valence-electron chi connectivity index (χ3n) is 4.91. The Balaban J connectivity index is 1.85. The van der Waals surface area contributed by atoms with Crippen molar-refractivity contribution in [3.8, 4) is 6.07 Å². The highest BCUT2D eigenvalue weighted by atomic mass is 32.1. The molecular weight excluding hydrogens is 342 g/mol. The summed E-state index contributed by atoms with van der Waals surface area (Å²) >= 11 is 1.75. The van der Waals surface area contributed by atoms with Crippen LogP contribution in [0.5, 0.6) is 0 Å². The van der Waals surface area contributed by atoms with E-state index in [1.54, 1.807) is 22.3 Å². The number of carbonyl (C=O) groups is 1. The van der Waals surface area contributed by atoms with Gasteiger partial charge in [0.2, 0.25) is 0 Å². The quantitative estimate of drug-likeness (QED) is 0.597. The van der Waals surface area contributed by atoms with E-state index in [2.05, 4.69) is 55.8 Å². The molecule has 2 aromatic rings. The van der Waals surface area contributed by atoms with Crippen molar-refractivity contribution >= 4 is 23.3 Å².